The van der Waals surface area contributed by atoms with Crippen molar-refractivity contribution >= 4 is 5.97 Å². The molecule has 0 N–H and O–H groups in total. The summed E-state index contributed by atoms with van der Waals surface area (Å²) in [5.41, 5.74) is -0.416. The molecule has 0 aliphatic carbocycles. The Morgan fingerprint density at radius 1 is 1.57 bits per heavy atom. The van der Waals surface area contributed by atoms with Crippen LogP contribution in [0.4, 0.5) is 0 Å². The fraction of sp³-hybridized carbons (Fsp3) is 0.636. The maximum Gasteiger partial charge on any atom is 0.330 e. The molecule has 3 nitrogen and oxygen atoms in total. The monoisotopic (exact) mass is 195 g/mol. The minimum Gasteiger partial charge on any atom is -0.468 e. The van der Waals surface area contributed by atoms with Gasteiger partial charge in [0.2, 0.25) is 0 Å². The van der Waals surface area contributed by atoms with E-state index in [1.54, 1.807) is 13.8 Å². The molecule has 3 heteroatoms. The molecule has 0 aromatic carbocycles. The molecule has 0 aromatic rings. The second kappa shape index (κ2) is 4.80. The van der Waals surface area contributed by atoms with Crippen molar-refractivity contribution in [1.82, 2.24) is 0 Å². The molecule has 0 fully saturated rings. The number of ether oxygens (including phenoxy) is 1. The highest BCUT2D eigenvalue weighted by Gasteiger charge is 2.36. The highest BCUT2D eigenvalue weighted by molar-refractivity contribution is 5.83. The van der Waals surface area contributed by atoms with E-state index in [1.807, 2.05) is 26.0 Å². The minimum atomic E-state index is -1.15. The van der Waals surface area contributed by atoms with Gasteiger partial charge in [0.15, 0.2) is 5.41 Å². The van der Waals surface area contributed by atoms with Gasteiger partial charge in [-0.1, -0.05) is 19.9 Å². The first-order valence-corrected chi connectivity index (χ1v) is 4.57. The van der Waals surface area contributed by atoms with Crippen LogP contribution in [0.15, 0.2) is 11.6 Å². The summed E-state index contributed by atoms with van der Waals surface area (Å²) in [7, 11) is 1.29. The number of hydrogen-bond acceptors (Lipinski definition) is 3. The lowest BCUT2D eigenvalue weighted by Crippen LogP contribution is -2.28. The van der Waals surface area contributed by atoms with E-state index in [1.165, 1.54) is 7.11 Å². The van der Waals surface area contributed by atoms with Crippen LogP contribution in [0.1, 0.15) is 27.7 Å². The average Bonchev–Trinajstić information content (AvgIpc) is 2.14. The van der Waals surface area contributed by atoms with Crippen molar-refractivity contribution in [2.24, 2.45) is 11.3 Å². The fourth-order valence-corrected chi connectivity index (χ4v) is 1.17. The lowest BCUT2D eigenvalue weighted by molar-refractivity contribution is -0.146. The molecule has 0 aliphatic rings. The first-order chi connectivity index (χ1) is 6.38. The van der Waals surface area contributed by atoms with Gasteiger partial charge < -0.3 is 4.74 Å². The number of carbonyl (C=O) groups excluding carboxylic acids is 1. The Morgan fingerprint density at radius 2 is 2.07 bits per heavy atom. The molecule has 1 atom stereocenters. The molecule has 0 unspecified atom stereocenters. The fourth-order valence-electron chi connectivity index (χ4n) is 1.17. The third-order valence-corrected chi connectivity index (χ3v) is 2.19. The number of esters is 1. The average molecular weight is 195 g/mol. The van der Waals surface area contributed by atoms with Crippen molar-refractivity contribution in [3.05, 3.63) is 11.6 Å². The van der Waals surface area contributed by atoms with E-state index < -0.39 is 11.4 Å². The number of carbonyl (C=O) groups is 1. The molecule has 78 valence electrons. The third kappa shape index (κ3) is 2.59. The number of methoxy groups -OCH3 is 1. The van der Waals surface area contributed by atoms with Crippen LogP contribution in [0.25, 0.3) is 0 Å². The Morgan fingerprint density at radius 3 is 2.36 bits per heavy atom. The molecule has 0 heterocycles. The molecule has 0 spiro atoms. The Hall–Kier alpha value is -1.30. The second-order valence-corrected chi connectivity index (χ2v) is 3.82. The highest BCUT2D eigenvalue weighted by atomic mass is 16.5. The van der Waals surface area contributed by atoms with Crippen LogP contribution in [-0.4, -0.2) is 13.1 Å². The molecular formula is C11H17NO2. The molecule has 0 bridgehead atoms. The van der Waals surface area contributed by atoms with Crippen LogP contribution in [0.5, 0.6) is 0 Å². The molecule has 0 saturated carbocycles. The molecule has 0 saturated heterocycles. The molecule has 0 aromatic heterocycles. The van der Waals surface area contributed by atoms with Gasteiger partial charge in [0.1, 0.15) is 0 Å². The molecular weight excluding hydrogens is 178 g/mol. The zero-order valence-electron chi connectivity index (χ0n) is 9.42. The van der Waals surface area contributed by atoms with E-state index >= 15 is 0 Å². The predicted octanol–water partition coefficient (Wildman–Crippen LogP) is 2.29. The van der Waals surface area contributed by atoms with Crippen molar-refractivity contribution in [1.29, 1.82) is 5.26 Å². The molecule has 0 aliphatic heterocycles. The Labute approximate surface area is 85.4 Å². The van der Waals surface area contributed by atoms with Crippen LogP contribution in [0, 0.1) is 22.7 Å². The van der Waals surface area contributed by atoms with E-state index in [9.17, 15) is 4.79 Å². The number of nitriles is 1. The van der Waals surface area contributed by atoms with E-state index in [0.717, 1.165) is 5.57 Å². The first-order valence-electron chi connectivity index (χ1n) is 4.57. The quantitative estimate of drug-likeness (QED) is 0.513. The smallest absolute Gasteiger partial charge is 0.330 e. The number of allylic oxidation sites excluding steroid dienone is 1. The minimum absolute atomic E-state index is 0.312. The molecule has 0 rings (SSSR count). The summed E-state index contributed by atoms with van der Waals surface area (Å²) in [6, 6.07) is 1.99. The van der Waals surface area contributed by atoms with Gasteiger partial charge in [0, 0.05) is 0 Å². The SMILES string of the molecule is COC(=O)[C@@](C)(C#N)/C(C)=C\C(C)C. The molecule has 14 heavy (non-hydrogen) atoms. The van der Waals surface area contributed by atoms with Gasteiger partial charge in [-0.3, -0.25) is 0 Å². The summed E-state index contributed by atoms with van der Waals surface area (Å²) >= 11 is 0. The largest absolute Gasteiger partial charge is 0.468 e. The first kappa shape index (κ1) is 12.7. The van der Waals surface area contributed by atoms with Crippen molar-refractivity contribution < 1.29 is 9.53 Å². The van der Waals surface area contributed by atoms with Crippen molar-refractivity contribution in [2.45, 2.75) is 27.7 Å². The maximum absolute atomic E-state index is 11.4. The zero-order chi connectivity index (χ0) is 11.4. The van der Waals surface area contributed by atoms with Gasteiger partial charge in [-0.15, -0.1) is 0 Å². The topological polar surface area (TPSA) is 50.1 Å². The van der Waals surface area contributed by atoms with Crippen LogP contribution >= 0.6 is 0 Å². The lowest BCUT2D eigenvalue weighted by Gasteiger charge is -2.20. The van der Waals surface area contributed by atoms with Gasteiger partial charge in [0.05, 0.1) is 13.2 Å². The Kier molecular flexibility index (Phi) is 4.36. The van der Waals surface area contributed by atoms with Crippen LogP contribution in [-0.2, 0) is 9.53 Å². The van der Waals surface area contributed by atoms with Gasteiger partial charge >= 0.3 is 5.97 Å². The van der Waals surface area contributed by atoms with Crippen molar-refractivity contribution in [3.63, 3.8) is 0 Å². The van der Waals surface area contributed by atoms with E-state index in [-0.39, 0.29) is 0 Å². The summed E-state index contributed by atoms with van der Waals surface area (Å²) in [4.78, 5) is 11.4. The summed E-state index contributed by atoms with van der Waals surface area (Å²) < 4.78 is 4.61. The van der Waals surface area contributed by atoms with Gasteiger partial charge in [-0.05, 0) is 25.3 Å². The van der Waals surface area contributed by atoms with Crippen LogP contribution in [0.2, 0.25) is 0 Å². The highest BCUT2D eigenvalue weighted by Crippen LogP contribution is 2.28. The Bertz CT molecular complexity index is 286. The molecule has 0 amide bonds. The number of nitrogens with zero attached hydrogens (tertiary/aromatic N) is 1. The van der Waals surface area contributed by atoms with Crippen LogP contribution in [0.3, 0.4) is 0 Å². The van der Waals surface area contributed by atoms with Gasteiger partial charge in [-0.2, -0.15) is 5.26 Å². The summed E-state index contributed by atoms with van der Waals surface area (Å²) in [5.74, 6) is -0.193. The number of rotatable bonds is 3. The van der Waals surface area contributed by atoms with E-state index in [4.69, 9.17) is 5.26 Å². The third-order valence-electron chi connectivity index (χ3n) is 2.19. The molecule has 0 radical (unpaired) electrons. The standard InChI is InChI=1S/C11H17NO2/c1-8(2)6-9(3)11(4,7-12)10(13)14-5/h6,8H,1-5H3/b9-6-/t11-/m0/s1. The van der Waals surface area contributed by atoms with Crippen molar-refractivity contribution in [2.75, 3.05) is 7.11 Å². The van der Waals surface area contributed by atoms with E-state index in [2.05, 4.69) is 4.74 Å². The summed E-state index contributed by atoms with van der Waals surface area (Å²) in [6.45, 7) is 7.35. The van der Waals surface area contributed by atoms with Gasteiger partial charge in [0.25, 0.3) is 0 Å². The number of hydrogen-bond donors (Lipinski definition) is 0. The van der Waals surface area contributed by atoms with Gasteiger partial charge in [-0.25, -0.2) is 4.79 Å². The summed E-state index contributed by atoms with van der Waals surface area (Å²) in [6.07, 6.45) is 1.90. The second-order valence-electron chi connectivity index (χ2n) is 3.82. The lowest BCUT2D eigenvalue weighted by atomic mass is 9.83. The Balaban J connectivity index is 5.08. The zero-order valence-corrected chi connectivity index (χ0v) is 9.42. The maximum atomic E-state index is 11.4. The van der Waals surface area contributed by atoms with Crippen molar-refractivity contribution in [3.8, 4) is 6.07 Å². The van der Waals surface area contributed by atoms with Crippen LogP contribution < -0.4 is 0 Å². The normalized spacial score (nSPS) is 15.9. The van der Waals surface area contributed by atoms with E-state index in [0.29, 0.717) is 5.92 Å². The predicted molar refractivity (Wildman–Crippen MR) is 54.3 cm³/mol. The summed E-state index contributed by atoms with van der Waals surface area (Å²) in [5, 5.41) is 8.98.